The van der Waals surface area contributed by atoms with Crippen molar-refractivity contribution in [3.8, 4) is 0 Å². The quantitative estimate of drug-likeness (QED) is 0.0452. The van der Waals surface area contributed by atoms with Crippen LogP contribution in [0.3, 0.4) is 0 Å². The predicted octanol–water partition coefficient (Wildman–Crippen LogP) is 1.79. The lowest BCUT2D eigenvalue weighted by Crippen LogP contribution is -2.32. The van der Waals surface area contributed by atoms with E-state index >= 15 is 0 Å². The van der Waals surface area contributed by atoms with E-state index in [1.54, 1.807) is 52.6 Å². The third-order valence-corrected chi connectivity index (χ3v) is 10.5. The lowest BCUT2D eigenvalue weighted by atomic mass is 10.2. The summed E-state index contributed by atoms with van der Waals surface area (Å²) in [6.45, 7) is 1.50. The topological polar surface area (TPSA) is 295 Å². The summed E-state index contributed by atoms with van der Waals surface area (Å²) in [5, 5.41) is 22.2. The molecule has 0 aliphatic heterocycles. The fourth-order valence-corrected chi connectivity index (χ4v) is 6.91. The molecule has 0 atom stereocenters. The van der Waals surface area contributed by atoms with E-state index in [0.29, 0.717) is 17.8 Å². The minimum atomic E-state index is -0.619. The van der Waals surface area contributed by atoms with Crippen molar-refractivity contribution in [3.05, 3.63) is 95.9 Å². The van der Waals surface area contributed by atoms with Gasteiger partial charge in [0.25, 0.3) is 29.5 Å². The first-order chi connectivity index (χ1) is 32.9. The molecule has 8 N–H and O–H groups in total. The van der Waals surface area contributed by atoms with Gasteiger partial charge in [-0.05, 0) is 57.4 Å². The number of fused-ring (bicyclic) bond motifs is 1. The van der Waals surface area contributed by atoms with E-state index in [0.717, 1.165) is 18.4 Å². The Kier molecular flexibility index (Phi) is 16.5. The number of hydrogen-bond donors (Lipinski definition) is 8. The van der Waals surface area contributed by atoms with Crippen LogP contribution in [0, 0.1) is 0 Å². The molecule has 0 saturated carbocycles. The predicted molar refractivity (Wildman–Crippen MR) is 254 cm³/mol. The SMILES string of the molecule is CN(C)CCCNC(=O)CCNC(=O)c1cc(NC(=O)c2nc(NC(=O)CCNC(=O)c3ccc(NC(=O)c4nc(NC(=O)CCNC(=O)c5cc6ccccc6o5)cn4C)n3C)cn2C)cn1C. The van der Waals surface area contributed by atoms with Crippen LogP contribution in [0.25, 0.3) is 11.0 Å². The zero-order chi connectivity index (χ0) is 49.8. The van der Waals surface area contributed by atoms with E-state index in [1.807, 2.05) is 31.1 Å². The van der Waals surface area contributed by atoms with Gasteiger partial charge in [-0.1, -0.05) is 18.2 Å². The van der Waals surface area contributed by atoms with Crippen LogP contribution in [0.15, 0.2) is 71.5 Å². The molecule has 0 bridgehead atoms. The number of aryl methyl sites for hydroxylation is 3. The maximum atomic E-state index is 13.2. The van der Waals surface area contributed by atoms with E-state index in [1.165, 1.54) is 48.9 Å². The van der Waals surface area contributed by atoms with E-state index < -0.39 is 41.4 Å². The third-order valence-electron chi connectivity index (χ3n) is 10.5. The van der Waals surface area contributed by atoms with Crippen molar-refractivity contribution in [3.63, 3.8) is 0 Å². The molecule has 0 unspecified atom stereocenters. The second-order valence-electron chi connectivity index (χ2n) is 16.2. The minimum Gasteiger partial charge on any atom is -0.451 e. The molecule has 8 amide bonds. The number of carbonyl (C=O) groups excluding carboxylic acids is 8. The molecule has 5 aromatic heterocycles. The Morgan fingerprint density at radius 1 is 0.565 bits per heavy atom. The highest BCUT2D eigenvalue weighted by molar-refractivity contribution is 6.05. The summed E-state index contributed by atoms with van der Waals surface area (Å²) < 4.78 is 11.4. The van der Waals surface area contributed by atoms with Gasteiger partial charge in [0, 0.05) is 97.6 Å². The number of para-hydroxylation sites is 1. The summed E-state index contributed by atoms with van der Waals surface area (Å²) >= 11 is 0. The van der Waals surface area contributed by atoms with Gasteiger partial charge in [0.2, 0.25) is 29.4 Å². The van der Waals surface area contributed by atoms with Crippen molar-refractivity contribution in [2.45, 2.75) is 25.7 Å². The average Bonchev–Trinajstić information content (AvgIpc) is 4.13. The summed E-state index contributed by atoms with van der Waals surface area (Å²) in [5.74, 6) is -3.17. The smallest absolute Gasteiger partial charge is 0.292 e. The average molecular weight is 950 g/mol. The molecule has 0 aliphatic rings. The Balaban J connectivity index is 0.901. The van der Waals surface area contributed by atoms with Gasteiger partial charge in [0.1, 0.15) is 22.8 Å². The van der Waals surface area contributed by atoms with Crippen molar-refractivity contribution in [1.82, 2.24) is 54.4 Å². The molecule has 0 saturated heterocycles. The summed E-state index contributed by atoms with van der Waals surface area (Å²) in [6.07, 6.45) is 5.19. The molecule has 1 aromatic carbocycles. The number of benzene rings is 1. The van der Waals surface area contributed by atoms with E-state index in [9.17, 15) is 38.4 Å². The zero-order valence-corrected chi connectivity index (χ0v) is 39.0. The van der Waals surface area contributed by atoms with Crippen LogP contribution < -0.4 is 42.5 Å². The molecule has 6 rings (SSSR count). The summed E-state index contributed by atoms with van der Waals surface area (Å²) in [5.41, 5.74) is 1.34. The molecule has 69 heavy (non-hydrogen) atoms. The maximum Gasteiger partial charge on any atom is 0.292 e. The largest absolute Gasteiger partial charge is 0.451 e. The molecule has 0 fully saturated rings. The minimum absolute atomic E-state index is 0.0259. The first-order valence-electron chi connectivity index (χ1n) is 21.8. The molecular weight excluding hydrogens is 895 g/mol. The summed E-state index contributed by atoms with van der Waals surface area (Å²) in [7, 11) is 10.3. The summed E-state index contributed by atoms with van der Waals surface area (Å²) in [4.78, 5) is 113. The highest BCUT2D eigenvalue weighted by atomic mass is 16.3. The second kappa shape index (κ2) is 22.8. The van der Waals surface area contributed by atoms with Gasteiger partial charge in [-0.25, -0.2) is 9.97 Å². The van der Waals surface area contributed by atoms with Gasteiger partial charge >= 0.3 is 0 Å². The number of nitrogens with one attached hydrogen (secondary N) is 8. The maximum absolute atomic E-state index is 13.2. The first kappa shape index (κ1) is 49.9. The first-order valence-corrected chi connectivity index (χ1v) is 21.8. The molecule has 364 valence electrons. The van der Waals surface area contributed by atoms with E-state index in [4.69, 9.17) is 4.42 Å². The lowest BCUT2D eigenvalue weighted by molar-refractivity contribution is -0.121. The molecule has 0 spiro atoms. The third kappa shape index (κ3) is 13.5. The fourth-order valence-electron chi connectivity index (χ4n) is 6.91. The van der Waals surface area contributed by atoms with Crippen LogP contribution in [0.1, 0.15) is 78.5 Å². The van der Waals surface area contributed by atoms with Crippen LogP contribution in [0.4, 0.5) is 23.1 Å². The van der Waals surface area contributed by atoms with Gasteiger partial charge in [0.05, 0.1) is 5.69 Å². The van der Waals surface area contributed by atoms with Crippen molar-refractivity contribution in [2.75, 3.05) is 68.1 Å². The van der Waals surface area contributed by atoms with Gasteiger partial charge < -0.3 is 70.1 Å². The standard InChI is InChI=1S/C45H55N15O9/c1-56(2)21-9-17-46-36(61)14-18-48-42(65)30-23-28(24-57(30)3)50-44(67)39-53-33(25-58(39)4)51-37(62)15-19-47-41(64)29-12-13-35(60(29)6)55-45(68)40-54-34(26-59(40)5)52-38(63)16-20-49-43(66)32-22-27-10-7-8-11-31(27)69-32/h7-8,10-13,22-26H,9,14-21H2,1-6H3,(H,46,61)(H,47,64)(H,48,65)(H,49,66)(H,50,67)(H,51,62)(H,52,63)(H,55,68). The van der Waals surface area contributed by atoms with Gasteiger partial charge in [-0.2, -0.15) is 0 Å². The number of carbonyl (C=O) groups is 8. The number of hydrogen-bond acceptors (Lipinski definition) is 12. The Hall–Kier alpha value is -8.54. The molecule has 6 aromatic rings. The van der Waals surface area contributed by atoms with E-state index in [2.05, 4.69) is 52.5 Å². The number of amides is 8. The summed E-state index contributed by atoms with van der Waals surface area (Å²) in [6, 6.07) is 13.3. The number of rotatable bonds is 22. The van der Waals surface area contributed by atoms with Crippen LogP contribution >= 0.6 is 0 Å². The number of furan rings is 1. The Bertz CT molecular complexity index is 2850. The number of nitrogens with zero attached hydrogens (tertiary/aromatic N) is 7. The molecule has 24 nitrogen and oxygen atoms in total. The highest BCUT2D eigenvalue weighted by Gasteiger charge is 2.22. The fraction of sp³-hybridized carbons (Fsp3) is 0.333. The molecule has 0 aliphatic carbocycles. The Morgan fingerprint density at radius 2 is 1.13 bits per heavy atom. The van der Waals surface area contributed by atoms with Gasteiger partial charge in [0.15, 0.2) is 17.4 Å². The molecule has 24 heteroatoms. The van der Waals surface area contributed by atoms with Crippen molar-refractivity contribution in [1.29, 1.82) is 0 Å². The van der Waals surface area contributed by atoms with Crippen molar-refractivity contribution in [2.24, 2.45) is 28.2 Å². The Labute approximate surface area is 395 Å². The Morgan fingerprint density at radius 3 is 1.74 bits per heavy atom. The van der Waals surface area contributed by atoms with Crippen molar-refractivity contribution >= 4 is 81.4 Å². The van der Waals surface area contributed by atoms with Crippen molar-refractivity contribution < 1.29 is 42.8 Å². The molecule has 0 radical (unpaired) electrons. The highest BCUT2D eigenvalue weighted by Crippen LogP contribution is 2.20. The monoisotopic (exact) mass is 949 g/mol. The zero-order valence-electron chi connectivity index (χ0n) is 39.0. The van der Waals surface area contributed by atoms with Crippen LogP contribution in [-0.4, -0.2) is 127 Å². The molecular formula is C45H55N15O9. The number of aromatic nitrogens is 6. The van der Waals surface area contributed by atoms with Gasteiger partial charge in [-0.15, -0.1) is 0 Å². The van der Waals surface area contributed by atoms with Crippen LogP contribution in [0.2, 0.25) is 0 Å². The number of imidazole rings is 2. The van der Waals surface area contributed by atoms with Gasteiger partial charge in [-0.3, -0.25) is 38.4 Å². The second-order valence-corrected chi connectivity index (χ2v) is 16.2. The van der Waals surface area contributed by atoms with E-state index in [-0.39, 0.29) is 91.1 Å². The van der Waals surface area contributed by atoms with Crippen LogP contribution in [-0.2, 0) is 42.6 Å². The van der Waals surface area contributed by atoms with Crippen LogP contribution in [0.5, 0.6) is 0 Å². The normalized spacial score (nSPS) is 11.0. The molecule has 5 heterocycles. The lowest BCUT2D eigenvalue weighted by Gasteiger charge is -2.10. The number of anilines is 4.